The molecular weight excluding hydrogens is 485 g/mol. The fraction of sp³-hybridized carbons (Fsp3) is 0.200. The number of unbranched alkanes of at least 4 members (excludes halogenated alkanes) is 1. The van der Waals surface area contributed by atoms with E-state index in [1.54, 1.807) is 56.7 Å². The van der Waals surface area contributed by atoms with Crippen LogP contribution in [0.1, 0.15) is 25.3 Å². The van der Waals surface area contributed by atoms with E-state index in [0.717, 1.165) is 29.8 Å². The molecule has 0 spiro atoms. The second-order valence-electron chi connectivity index (χ2n) is 8.49. The summed E-state index contributed by atoms with van der Waals surface area (Å²) >= 11 is 0. The van der Waals surface area contributed by atoms with Gasteiger partial charge in [-0.1, -0.05) is 44.2 Å². The van der Waals surface area contributed by atoms with E-state index in [1.165, 1.54) is 0 Å². The molecule has 1 atom stereocenters. The summed E-state index contributed by atoms with van der Waals surface area (Å²) in [6.45, 7) is 5.63. The molecule has 4 rings (SSSR count). The number of carbonyl (C=O) groups is 1. The lowest BCUT2D eigenvalue weighted by atomic mass is 10.1. The Morgan fingerprint density at radius 1 is 0.973 bits per heavy atom. The molecule has 1 unspecified atom stereocenters. The van der Waals surface area contributed by atoms with Crippen LogP contribution in [0, 0.1) is 0 Å². The fourth-order valence-electron chi connectivity index (χ4n) is 4.30. The minimum absolute atomic E-state index is 0.229. The summed E-state index contributed by atoms with van der Waals surface area (Å²) in [6.07, 6.45) is 3.44. The fourth-order valence-corrected chi connectivity index (χ4v) is 6.94. The van der Waals surface area contributed by atoms with Crippen LogP contribution in [0.25, 0.3) is 10.9 Å². The third-order valence-corrected chi connectivity index (χ3v) is 9.20. The molecule has 190 valence electrons. The molecule has 0 aliphatic rings. The maximum atomic E-state index is 15.4. The van der Waals surface area contributed by atoms with Gasteiger partial charge in [0.05, 0.1) is 25.0 Å². The van der Waals surface area contributed by atoms with Crippen LogP contribution in [0.3, 0.4) is 0 Å². The van der Waals surface area contributed by atoms with Crippen molar-refractivity contribution in [1.82, 2.24) is 4.98 Å². The summed E-state index contributed by atoms with van der Waals surface area (Å²) in [4.78, 5) is 17.3. The predicted molar refractivity (Wildman–Crippen MR) is 149 cm³/mol. The molecule has 0 bridgehead atoms. The standard InChI is InChI=1S/C30H30NO5P/c1-5-7-11-24-26(35-4)18-19-27(30(24)36-29(32)6-2)37(33,23-16-14-22(34-3)15-17-23)28-20-13-21-10-8-9-12-25(21)31-28/h6,8-10,12-20H,2,5,7,11H2,1,3-4H3. The van der Waals surface area contributed by atoms with Crippen molar-refractivity contribution < 1.29 is 23.6 Å². The van der Waals surface area contributed by atoms with Gasteiger partial charge in [0.2, 0.25) is 0 Å². The highest BCUT2D eigenvalue weighted by Gasteiger charge is 2.37. The van der Waals surface area contributed by atoms with Crippen molar-refractivity contribution in [3.63, 3.8) is 0 Å². The van der Waals surface area contributed by atoms with Gasteiger partial charge in [-0.2, -0.15) is 0 Å². The summed E-state index contributed by atoms with van der Waals surface area (Å²) in [5, 5.41) is 1.85. The minimum Gasteiger partial charge on any atom is -0.497 e. The Labute approximate surface area is 217 Å². The lowest BCUT2D eigenvalue weighted by Crippen LogP contribution is -2.29. The third-order valence-electron chi connectivity index (χ3n) is 6.25. The Morgan fingerprint density at radius 3 is 2.41 bits per heavy atom. The molecule has 0 aliphatic heterocycles. The van der Waals surface area contributed by atoms with Gasteiger partial charge in [0.1, 0.15) is 22.7 Å². The van der Waals surface area contributed by atoms with E-state index in [4.69, 9.17) is 19.2 Å². The van der Waals surface area contributed by atoms with E-state index >= 15 is 4.57 Å². The number of ether oxygens (including phenoxy) is 3. The highest BCUT2D eigenvalue weighted by atomic mass is 31.2. The topological polar surface area (TPSA) is 74.7 Å². The average molecular weight is 516 g/mol. The van der Waals surface area contributed by atoms with Crippen LogP contribution < -0.4 is 30.3 Å². The van der Waals surface area contributed by atoms with Crippen molar-refractivity contribution in [3.8, 4) is 17.2 Å². The number of para-hydroxylation sites is 1. The van der Waals surface area contributed by atoms with Crippen molar-refractivity contribution in [2.45, 2.75) is 26.2 Å². The zero-order valence-corrected chi connectivity index (χ0v) is 22.2. The van der Waals surface area contributed by atoms with Gasteiger partial charge in [-0.25, -0.2) is 9.78 Å². The van der Waals surface area contributed by atoms with Crippen molar-refractivity contribution >= 4 is 40.1 Å². The van der Waals surface area contributed by atoms with Crippen molar-refractivity contribution in [1.29, 1.82) is 0 Å². The molecule has 0 N–H and O–H groups in total. The smallest absolute Gasteiger partial charge is 0.335 e. The summed E-state index contributed by atoms with van der Waals surface area (Å²) in [6, 6.07) is 21.9. The van der Waals surface area contributed by atoms with E-state index in [-0.39, 0.29) is 5.75 Å². The molecule has 6 nitrogen and oxygen atoms in total. The average Bonchev–Trinajstić information content (AvgIpc) is 2.95. The Morgan fingerprint density at radius 2 is 1.73 bits per heavy atom. The third kappa shape index (κ3) is 5.16. The number of benzene rings is 3. The molecule has 0 saturated heterocycles. The lowest BCUT2D eigenvalue weighted by molar-refractivity contribution is -0.128. The Hall–Kier alpha value is -3.89. The first-order chi connectivity index (χ1) is 18.0. The van der Waals surface area contributed by atoms with Crippen molar-refractivity contribution in [2.75, 3.05) is 14.2 Å². The molecule has 0 aliphatic carbocycles. The molecule has 1 heterocycles. The number of rotatable bonds is 10. The van der Waals surface area contributed by atoms with Crippen LogP contribution in [-0.2, 0) is 15.8 Å². The van der Waals surface area contributed by atoms with E-state index in [2.05, 4.69) is 13.5 Å². The molecule has 0 fully saturated rings. The van der Waals surface area contributed by atoms with Gasteiger partial charge in [-0.05, 0) is 61.4 Å². The van der Waals surface area contributed by atoms with Crippen LogP contribution in [-0.4, -0.2) is 25.2 Å². The molecule has 37 heavy (non-hydrogen) atoms. The zero-order chi connectivity index (χ0) is 26.4. The Bertz CT molecular complexity index is 1480. The second-order valence-corrected chi connectivity index (χ2v) is 11.2. The number of nitrogens with zero attached hydrogens (tertiary/aromatic N) is 1. The Balaban J connectivity index is 2.06. The number of methoxy groups -OCH3 is 2. The molecule has 7 heteroatoms. The second kappa shape index (κ2) is 11.4. The largest absolute Gasteiger partial charge is 0.497 e. The first kappa shape index (κ1) is 26.2. The van der Waals surface area contributed by atoms with Gasteiger partial charge >= 0.3 is 5.97 Å². The van der Waals surface area contributed by atoms with Crippen LogP contribution in [0.4, 0.5) is 0 Å². The van der Waals surface area contributed by atoms with Crippen molar-refractivity contribution in [3.05, 3.63) is 91.0 Å². The van der Waals surface area contributed by atoms with Crippen LogP contribution in [0.15, 0.2) is 85.5 Å². The number of carbonyl (C=O) groups excluding carboxylic acids is 1. The van der Waals surface area contributed by atoms with E-state index in [9.17, 15) is 4.79 Å². The zero-order valence-electron chi connectivity index (χ0n) is 21.3. The first-order valence-corrected chi connectivity index (χ1v) is 13.8. The monoisotopic (exact) mass is 515 g/mol. The summed E-state index contributed by atoms with van der Waals surface area (Å²) in [7, 11) is -0.492. The number of hydrogen-bond donors (Lipinski definition) is 0. The number of pyridine rings is 1. The summed E-state index contributed by atoms with van der Waals surface area (Å²) < 4.78 is 32.2. The lowest BCUT2D eigenvalue weighted by Gasteiger charge is -2.24. The highest BCUT2D eigenvalue weighted by Crippen LogP contribution is 2.47. The normalized spacial score (nSPS) is 12.5. The molecule has 4 aromatic rings. The van der Waals surface area contributed by atoms with E-state index in [0.29, 0.717) is 39.5 Å². The van der Waals surface area contributed by atoms with Gasteiger partial charge in [0.15, 0.2) is 7.14 Å². The number of esters is 1. The molecule has 0 saturated carbocycles. The number of fused-ring (bicyclic) bond motifs is 1. The predicted octanol–water partition coefficient (Wildman–Crippen LogP) is 5.33. The molecular formula is C30H30NO5P. The van der Waals surface area contributed by atoms with Crippen LogP contribution in [0.5, 0.6) is 17.2 Å². The summed E-state index contributed by atoms with van der Waals surface area (Å²) in [5.74, 6) is 0.794. The highest BCUT2D eigenvalue weighted by molar-refractivity contribution is 7.85. The number of hydrogen-bond acceptors (Lipinski definition) is 6. The van der Waals surface area contributed by atoms with E-state index < -0.39 is 13.1 Å². The maximum Gasteiger partial charge on any atom is 0.335 e. The van der Waals surface area contributed by atoms with Gasteiger partial charge < -0.3 is 18.8 Å². The number of aromatic nitrogens is 1. The van der Waals surface area contributed by atoms with Crippen LogP contribution in [0.2, 0.25) is 0 Å². The Kier molecular flexibility index (Phi) is 8.10. The maximum absolute atomic E-state index is 15.4. The molecule has 3 aromatic carbocycles. The SMILES string of the molecule is C=CC(=O)Oc1c(P(=O)(c2ccc(OC)cc2)c2ccc3ccccc3n2)ccc(OC)c1CCCC. The quantitative estimate of drug-likeness (QED) is 0.123. The van der Waals surface area contributed by atoms with Crippen LogP contribution >= 0.6 is 7.14 Å². The minimum atomic E-state index is -3.64. The van der Waals surface area contributed by atoms with Gasteiger partial charge in [-0.15, -0.1) is 0 Å². The summed E-state index contributed by atoms with van der Waals surface area (Å²) in [5.41, 5.74) is 1.79. The van der Waals surface area contributed by atoms with Gasteiger partial charge in [-0.3, -0.25) is 0 Å². The molecule has 1 aromatic heterocycles. The van der Waals surface area contributed by atoms with Gasteiger partial charge in [0, 0.05) is 22.3 Å². The van der Waals surface area contributed by atoms with E-state index in [1.807, 2.05) is 30.3 Å². The first-order valence-electron chi connectivity index (χ1n) is 12.1. The molecule has 0 radical (unpaired) electrons. The van der Waals surface area contributed by atoms with Gasteiger partial charge in [0.25, 0.3) is 0 Å². The van der Waals surface area contributed by atoms with Crippen molar-refractivity contribution in [2.24, 2.45) is 0 Å². The molecule has 0 amide bonds.